The molecule has 2 aromatic carbocycles. The molecule has 0 bridgehead atoms. The molecular formula is C18H16K2N2O4. The molecule has 124 valence electrons. The summed E-state index contributed by atoms with van der Waals surface area (Å²) < 4.78 is 0. The van der Waals surface area contributed by atoms with Gasteiger partial charge in [0.2, 0.25) is 5.91 Å². The number of carbonyl (C=O) groups excluding carboxylic acids is 1. The van der Waals surface area contributed by atoms with E-state index in [1.165, 1.54) is 12.3 Å². The SMILES string of the molecule is O=C(CN=Cc1ccccc1[O-])N[C](Cc1ccccc1)C(=O)O.[K+].[K]. The van der Waals surface area contributed by atoms with Crippen LogP contribution in [-0.4, -0.2) is 81.1 Å². The summed E-state index contributed by atoms with van der Waals surface area (Å²) in [4.78, 5) is 27.0. The Kier molecular flexibility index (Phi) is 14.2. The average Bonchev–Trinajstić information content (AvgIpc) is 2.57. The quantitative estimate of drug-likeness (QED) is 0.405. The Bertz CT molecular complexity index is 739. The third-order valence-corrected chi connectivity index (χ3v) is 3.16. The molecule has 0 aliphatic carbocycles. The molecule has 8 heteroatoms. The van der Waals surface area contributed by atoms with Crippen molar-refractivity contribution in [1.82, 2.24) is 5.32 Å². The van der Waals surface area contributed by atoms with E-state index in [0.717, 1.165) is 5.56 Å². The van der Waals surface area contributed by atoms with E-state index >= 15 is 0 Å². The molecule has 0 heterocycles. The van der Waals surface area contributed by atoms with Crippen molar-refractivity contribution in [2.24, 2.45) is 4.99 Å². The number of carbonyl (C=O) groups is 2. The second-order valence-electron chi connectivity index (χ2n) is 5.00. The minimum Gasteiger partial charge on any atom is -0.872 e. The number of carboxylic acid groups (broad SMARTS) is 1. The fraction of sp³-hybridized carbons (Fsp3) is 0.111. The van der Waals surface area contributed by atoms with Crippen molar-refractivity contribution in [3.63, 3.8) is 0 Å². The largest absolute Gasteiger partial charge is 1.00 e. The van der Waals surface area contributed by atoms with Gasteiger partial charge in [-0.25, -0.2) is 4.79 Å². The van der Waals surface area contributed by atoms with Gasteiger partial charge in [-0.3, -0.25) is 9.79 Å². The molecule has 0 aliphatic heterocycles. The van der Waals surface area contributed by atoms with Crippen LogP contribution in [0.2, 0.25) is 0 Å². The number of hydrogen-bond acceptors (Lipinski definition) is 4. The van der Waals surface area contributed by atoms with E-state index in [9.17, 15) is 19.8 Å². The molecule has 6 nitrogen and oxygen atoms in total. The van der Waals surface area contributed by atoms with Crippen molar-refractivity contribution in [1.29, 1.82) is 0 Å². The first kappa shape index (κ1) is 26.1. The van der Waals surface area contributed by atoms with E-state index in [2.05, 4.69) is 10.3 Å². The monoisotopic (exact) mass is 402 g/mol. The van der Waals surface area contributed by atoms with Gasteiger partial charge < -0.3 is 15.5 Å². The first-order valence-corrected chi connectivity index (χ1v) is 7.25. The summed E-state index contributed by atoms with van der Waals surface area (Å²) in [6.07, 6.45) is 1.41. The Morgan fingerprint density at radius 3 is 2.31 bits per heavy atom. The molecule has 0 saturated carbocycles. The van der Waals surface area contributed by atoms with Crippen molar-refractivity contribution in [3.05, 3.63) is 71.8 Å². The number of benzene rings is 2. The first-order chi connectivity index (χ1) is 11.6. The Labute approximate surface area is 237 Å². The number of nitrogens with one attached hydrogen (secondary N) is 1. The van der Waals surface area contributed by atoms with Gasteiger partial charge in [0.05, 0.1) is 0 Å². The molecule has 0 fully saturated rings. The number of carboxylic acids is 1. The molecule has 0 aromatic heterocycles. The third kappa shape index (κ3) is 9.36. The van der Waals surface area contributed by atoms with Gasteiger partial charge in [-0.2, -0.15) is 0 Å². The summed E-state index contributed by atoms with van der Waals surface area (Å²) in [7, 11) is 0. The van der Waals surface area contributed by atoms with Crippen molar-refractivity contribution >= 4 is 69.5 Å². The molecule has 2 N–H and O–H groups in total. The number of hydrogen-bond donors (Lipinski definition) is 2. The molecule has 0 atom stereocenters. The van der Waals surface area contributed by atoms with Crippen LogP contribution in [0.4, 0.5) is 0 Å². The van der Waals surface area contributed by atoms with Crippen LogP contribution >= 0.6 is 0 Å². The van der Waals surface area contributed by atoms with E-state index in [4.69, 9.17) is 0 Å². The topological polar surface area (TPSA) is 102 Å². The van der Waals surface area contributed by atoms with Crippen molar-refractivity contribution in [3.8, 4) is 5.75 Å². The van der Waals surface area contributed by atoms with E-state index in [0.29, 0.717) is 5.56 Å². The van der Waals surface area contributed by atoms with Crippen LogP contribution in [0.1, 0.15) is 11.1 Å². The zero-order valence-electron chi connectivity index (χ0n) is 14.8. The summed E-state index contributed by atoms with van der Waals surface area (Å²) >= 11 is 0. The fourth-order valence-electron chi connectivity index (χ4n) is 2.00. The van der Waals surface area contributed by atoms with Crippen LogP contribution in [0.3, 0.4) is 0 Å². The first-order valence-electron chi connectivity index (χ1n) is 7.25. The standard InChI is InChI=1S/C18H17N2O4.2K/c21-16-9-5-4-8-14(16)11-19-12-17(22)20-15(18(23)24)10-13-6-2-1-3-7-13;;/h1-9,11,21H,10,12H2,(H,20,22)(H,23,24);;/q;;+1/p-1. The number of rotatable bonds is 7. The van der Waals surface area contributed by atoms with E-state index < -0.39 is 11.9 Å². The number of nitrogens with zero attached hydrogens (tertiary/aromatic N) is 1. The summed E-state index contributed by atoms with van der Waals surface area (Å²) in [5, 5.41) is 23.0. The molecule has 0 aliphatic rings. The molecule has 0 saturated heterocycles. The molecule has 1 amide bonds. The molecular weight excluding hydrogens is 386 g/mol. The molecule has 2 radical (unpaired) electrons. The summed E-state index contributed by atoms with van der Waals surface area (Å²) in [6, 6.07) is 15.1. The smallest absolute Gasteiger partial charge is 0.872 e. The number of aliphatic imine (C=N–C) groups is 1. The zero-order valence-corrected chi connectivity index (χ0v) is 21.1. The van der Waals surface area contributed by atoms with E-state index in [1.54, 1.807) is 42.5 Å². The van der Waals surface area contributed by atoms with Gasteiger partial charge in [0, 0.05) is 64.0 Å². The van der Waals surface area contributed by atoms with Crippen LogP contribution < -0.4 is 61.8 Å². The van der Waals surface area contributed by atoms with Crippen molar-refractivity contribution in [2.75, 3.05) is 6.54 Å². The third-order valence-electron chi connectivity index (χ3n) is 3.16. The maximum Gasteiger partial charge on any atom is 1.00 e. The van der Waals surface area contributed by atoms with Gasteiger partial charge in [0.25, 0.3) is 0 Å². The van der Waals surface area contributed by atoms with Crippen LogP contribution in [0.15, 0.2) is 59.6 Å². The van der Waals surface area contributed by atoms with Crippen LogP contribution in [0.5, 0.6) is 5.75 Å². The molecule has 2 aromatic rings. The molecule has 0 spiro atoms. The predicted molar refractivity (Wildman–Crippen MR) is 93.3 cm³/mol. The van der Waals surface area contributed by atoms with Gasteiger partial charge in [0.15, 0.2) is 6.04 Å². The fourth-order valence-corrected chi connectivity index (χ4v) is 2.00. The van der Waals surface area contributed by atoms with E-state index in [1.807, 2.05) is 6.07 Å². The number of para-hydroxylation sites is 1. The molecule has 26 heavy (non-hydrogen) atoms. The summed E-state index contributed by atoms with van der Waals surface area (Å²) in [6.45, 7) is -0.264. The molecule has 0 unspecified atom stereocenters. The normalized spacial score (nSPS) is 10.0. The van der Waals surface area contributed by atoms with Crippen LogP contribution in [0.25, 0.3) is 0 Å². The van der Waals surface area contributed by atoms with Gasteiger partial charge in [-0.1, -0.05) is 54.6 Å². The van der Waals surface area contributed by atoms with Gasteiger partial charge in [0.1, 0.15) is 6.54 Å². The Morgan fingerprint density at radius 2 is 1.69 bits per heavy atom. The summed E-state index contributed by atoms with van der Waals surface area (Å²) in [5.74, 6) is -1.94. The van der Waals surface area contributed by atoms with Crippen LogP contribution in [-0.2, 0) is 16.0 Å². The van der Waals surface area contributed by atoms with Gasteiger partial charge in [-0.05, 0) is 11.1 Å². The van der Waals surface area contributed by atoms with Gasteiger partial charge >= 0.3 is 57.4 Å². The van der Waals surface area contributed by atoms with Gasteiger partial charge in [-0.15, -0.1) is 5.75 Å². The second-order valence-corrected chi connectivity index (χ2v) is 5.00. The average molecular weight is 403 g/mol. The predicted octanol–water partition coefficient (Wildman–Crippen LogP) is -2.22. The maximum atomic E-state index is 11.8. The second kappa shape index (κ2) is 14.2. The molecule has 2 rings (SSSR count). The summed E-state index contributed by atoms with van der Waals surface area (Å²) in [5.41, 5.74) is 1.15. The van der Waals surface area contributed by atoms with Crippen LogP contribution in [0, 0.1) is 6.04 Å². The van der Waals surface area contributed by atoms with Crippen molar-refractivity contribution < 1.29 is 71.2 Å². The zero-order chi connectivity index (χ0) is 17.4. The van der Waals surface area contributed by atoms with Crippen molar-refractivity contribution in [2.45, 2.75) is 6.42 Å². The Hall–Kier alpha value is 0.123. The maximum absolute atomic E-state index is 11.8. The minimum absolute atomic E-state index is 0. The van der Waals surface area contributed by atoms with E-state index in [-0.39, 0.29) is 128 Å². The Balaban J connectivity index is 0.00000312. The number of aliphatic carboxylic acids is 1. The number of amides is 1. The Morgan fingerprint density at radius 1 is 1.08 bits per heavy atom. The minimum atomic E-state index is -1.19.